The van der Waals surface area contributed by atoms with Crippen LogP contribution < -0.4 is 5.32 Å². The lowest BCUT2D eigenvalue weighted by Gasteiger charge is -2.19. The Balaban J connectivity index is 2.09. The van der Waals surface area contributed by atoms with Crippen LogP contribution in [0.3, 0.4) is 0 Å². The Hall–Kier alpha value is -2.04. The highest BCUT2D eigenvalue weighted by molar-refractivity contribution is 6.39. The molecule has 0 aliphatic carbocycles. The summed E-state index contributed by atoms with van der Waals surface area (Å²) in [5.41, 5.74) is 2.87. The van der Waals surface area contributed by atoms with Gasteiger partial charge in [0.05, 0.1) is 22.3 Å². The molecule has 2 aromatic carbocycles. The van der Waals surface area contributed by atoms with Crippen molar-refractivity contribution >= 4 is 40.7 Å². The first-order chi connectivity index (χ1) is 11.3. The molecule has 0 fully saturated rings. The zero-order valence-electron chi connectivity index (χ0n) is 13.7. The Labute approximate surface area is 151 Å². The number of hydrogen-bond acceptors (Lipinski definition) is 2. The fourth-order valence-electron chi connectivity index (χ4n) is 2.27. The number of halogens is 2. The molecule has 126 valence electrons. The highest BCUT2D eigenvalue weighted by Gasteiger charge is 2.18. The topological polar surface area (TPSA) is 49.4 Å². The average molecular weight is 365 g/mol. The molecule has 0 unspecified atom stereocenters. The van der Waals surface area contributed by atoms with Gasteiger partial charge in [0.25, 0.3) is 5.91 Å². The highest BCUT2D eigenvalue weighted by atomic mass is 35.5. The quantitative estimate of drug-likeness (QED) is 0.877. The first-order valence-electron chi connectivity index (χ1n) is 7.36. The maximum atomic E-state index is 12.5. The number of likely N-dealkylation sites (N-methyl/N-ethyl adjacent to an activating group) is 1. The molecule has 0 aromatic heterocycles. The van der Waals surface area contributed by atoms with Gasteiger partial charge in [0, 0.05) is 12.6 Å². The van der Waals surface area contributed by atoms with Crippen LogP contribution in [0.4, 0.5) is 5.69 Å². The van der Waals surface area contributed by atoms with Crippen LogP contribution >= 0.6 is 23.2 Å². The summed E-state index contributed by atoms with van der Waals surface area (Å²) < 4.78 is 0. The Bertz CT molecular complexity index is 770. The number of nitrogens with zero attached hydrogens (tertiary/aromatic N) is 1. The molecular formula is C18H18Cl2N2O2. The molecule has 24 heavy (non-hydrogen) atoms. The number of carbonyl (C=O) groups excluding carboxylic acids is 2. The summed E-state index contributed by atoms with van der Waals surface area (Å²) in [6.07, 6.45) is 0. The summed E-state index contributed by atoms with van der Waals surface area (Å²) in [7, 11) is 1.58. The van der Waals surface area contributed by atoms with E-state index in [4.69, 9.17) is 23.2 Å². The molecule has 2 aromatic rings. The van der Waals surface area contributed by atoms with E-state index in [0.29, 0.717) is 21.3 Å². The van der Waals surface area contributed by atoms with Gasteiger partial charge in [-0.3, -0.25) is 9.59 Å². The number of benzene rings is 2. The monoisotopic (exact) mass is 364 g/mol. The summed E-state index contributed by atoms with van der Waals surface area (Å²) in [6.45, 7) is 3.73. The zero-order valence-corrected chi connectivity index (χ0v) is 15.2. The van der Waals surface area contributed by atoms with Gasteiger partial charge in [0.15, 0.2) is 0 Å². The van der Waals surface area contributed by atoms with E-state index >= 15 is 0 Å². The Morgan fingerprint density at radius 3 is 2.25 bits per heavy atom. The van der Waals surface area contributed by atoms with Gasteiger partial charge in [-0.25, -0.2) is 0 Å². The molecule has 6 heteroatoms. The summed E-state index contributed by atoms with van der Waals surface area (Å²) in [6, 6.07) is 10.5. The van der Waals surface area contributed by atoms with Crippen LogP contribution in [0.2, 0.25) is 10.0 Å². The standard InChI is InChI=1S/C18H18Cl2N2O2/c1-11-6-4-7-13(12(11)2)18(24)22(3)10-16(23)21-17-14(19)8-5-9-15(17)20/h4-9H,10H2,1-3H3,(H,21,23). The molecule has 0 aliphatic heterocycles. The van der Waals surface area contributed by atoms with Crippen LogP contribution in [0.15, 0.2) is 36.4 Å². The summed E-state index contributed by atoms with van der Waals surface area (Å²) >= 11 is 12.1. The molecule has 0 bridgehead atoms. The molecule has 0 saturated carbocycles. The predicted octanol–water partition coefficient (Wildman–Crippen LogP) is 4.32. The van der Waals surface area contributed by atoms with Crippen molar-refractivity contribution in [1.82, 2.24) is 4.90 Å². The zero-order chi connectivity index (χ0) is 17.9. The number of carbonyl (C=O) groups is 2. The number of aryl methyl sites for hydroxylation is 1. The van der Waals surface area contributed by atoms with Crippen molar-refractivity contribution < 1.29 is 9.59 Å². The van der Waals surface area contributed by atoms with Crippen molar-refractivity contribution in [3.05, 3.63) is 63.1 Å². The maximum absolute atomic E-state index is 12.5. The third kappa shape index (κ3) is 4.08. The maximum Gasteiger partial charge on any atom is 0.254 e. The van der Waals surface area contributed by atoms with Crippen molar-refractivity contribution in [3.8, 4) is 0 Å². The van der Waals surface area contributed by atoms with Crippen LogP contribution in [0.5, 0.6) is 0 Å². The van der Waals surface area contributed by atoms with Gasteiger partial charge < -0.3 is 10.2 Å². The molecule has 2 amide bonds. The Kier molecular flexibility index (Phi) is 5.86. The lowest BCUT2D eigenvalue weighted by atomic mass is 10.0. The molecule has 0 radical (unpaired) electrons. The second-order valence-corrected chi connectivity index (χ2v) is 6.37. The molecule has 1 N–H and O–H groups in total. The third-order valence-corrected chi connectivity index (χ3v) is 4.42. The van der Waals surface area contributed by atoms with Gasteiger partial charge in [-0.05, 0) is 43.2 Å². The number of nitrogens with one attached hydrogen (secondary N) is 1. The van der Waals surface area contributed by atoms with Crippen molar-refractivity contribution in [2.45, 2.75) is 13.8 Å². The first kappa shape index (κ1) is 18.3. The number of anilines is 1. The van der Waals surface area contributed by atoms with Crippen LogP contribution in [-0.2, 0) is 4.79 Å². The van der Waals surface area contributed by atoms with E-state index in [2.05, 4.69) is 5.32 Å². The van der Waals surface area contributed by atoms with E-state index in [9.17, 15) is 9.59 Å². The summed E-state index contributed by atoms with van der Waals surface area (Å²) in [5, 5.41) is 3.34. The van der Waals surface area contributed by atoms with Crippen LogP contribution in [0.1, 0.15) is 21.5 Å². The van der Waals surface area contributed by atoms with Crippen molar-refractivity contribution in [1.29, 1.82) is 0 Å². The number of amides is 2. The van der Waals surface area contributed by atoms with Gasteiger partial charge in [-0.2, -0.15) is 0 Å². The smallest absolute Gasteiger partial charge is 0.254 e. The lowest BCUT2D eigenvalue weighted by Crippen LogP contribution is -2.35. The number of rotatable bonds is 4. The molecule has 0 atom stereocenters. The summed E-state index contributed by atoms with van der Waals surface area (Å²) in [5.74, 6) is -0.581. The van der Waals surface area contributed by atoms with Crippen LogP contribution in [0.25, 0.3) is 0 Å². The normalized spacial score (nSPS) is 10.4. The van der Waals surface area contributed by atoms with Gasteiger partial charge in [-0.1, -0.05) is 41.4 Å². The predicted molar refractivity (Wildman–Crippen MR) is 98.0 cm³/mol. The molecule has 4 nitrogen and oxygen atoms in total. The Morgan fingerprint density at radius 2 is 1.62 bits per heavy atom. The summed E-state index contributed by atoms with van der Waals surface area (Å²) in [4.78, 5) is 26.1. The van der Waals surface area contributed by atoms with E-state index in [1.807, 2.05) is 26.0 Å². The van der Waals surface area contributed by atoms with Gasteiger partial charge in [-0.15, -0.1) is 0 Å². The van der Waals surface area contributed by atoms with Crippen molar-refractivity contribution in [2.24, 2.45) is 0 Å². The molecule has 2 rings (SSSR count). The van der Waals surface area contributed by atoms with Crippen molar-refractivity contribution in [3.63, 3.8) is 0 Å². The minimum atomic E-state index is -0.369. The molecule has 0 aliphatic rings. The van der Waals surface area contributed by atoms with Gasteiger partial charge in [0.2, 0.25) is 5.91 Å². The van der Waals surface area contributed by atoms with E-state index in [1.54, 1.807) is 31.3 Å². The second-order valence-electron chi connectivity index (χ2n) is 5.55. The fourth-order valence-corrected chi connectivity index (χ4v) is 2.76. The van der Waals surface area contributed by atoms with Crippen molar-refractivity contribution in [2.75, 3.05) is 18.9 Å². The molecule has 0 heterocycles. The SMILES string of the molecule is Cc1cccc(C(=O)N(C)CC(=O)Nc2c(Cl)cccc2Cl)c1C. The van der Waals surface area contributed by atoms with E-state index < -0.39 is 0 Å². The minimum Gasteiger partial charge on any atom is -0.332 e. The fraction of sp³-hybridized carbons (Fsp3) is 0.222. The second kappa shape index (κ2) is 7.69. The minimum absolute atomic E-state index is 0.103. The first-order valence-corrected chi connectivity index (χ1v) is 8.12. The third-order valence-electron chi connectivity index (χ3n) is 3.79. The molecular weight excluding hydrogens is 347 g/mol. The molecule has 0 spiro atoms. The molecule has 0 saturated heterocycles. The highest BCUT2D eigenvalue weighted by Crippen LogP contribution is 2.29. The van der Waals surface area contributed by atoms with Gasteiger partial charge >= 0.3 is 0 Å². The lowest BCUT2D eigenvalue weighted by molar-refractivity contribution is -0.116. The Morgan fingerprint density at radius 1 is 1.04 bits per heavy atom. The van der Waals surface area contributed by atoms with E-state index in [-0.39, 0.29) is 18.4 Å². The average Bonchev–Trinajstić information content (AvgIpc) is 2.53. The number of hydrogen-bond donors (Lipinski definition) is 1. The number of para-hydroxylation sites is 1. The van der Waals surface area contributed by atoms with E-state index in [1.165, 1.54) is 4.90 Å². The van der Waals surface area contributed by atoms with Gasteiger partial charge in [0.1, 0.15) is 0 Å². The van der Waals surface area contributed by atoms with Crippen LogP contribution in [0, 0.1) is 13.8 Å². The van der Waals surface area contributed by atoms with E-state index in [0.717, 1.165) is 11.1 Å². The van der Waals surface area contributed by atoms with Crippen LogP contribution in [-0.4, -0.2) is 30.3 Å². The largest absolute Gasteiger partial charge is 0.332 e.